The molecule has 3 unspecified atom stereocenters. The van der Waals surface area contributed by atoms with Gasteiger partial charge in [0.05, 0.1) is 5.02 Å². The van der Waals surface area contributed by atoms with E-state index in [1.54, 1.807) is 6.07 Å². The highest BCUT2D eigenvalue weighted by Crippen LogP contribution is 2.60. The van der Waals surface area contributed by atoms with Crippen molar-refractivity contribution in [2.24, 2.45) is 17.3 Å². The molecule has 3 aliphatic carbocycles. The smallest absolute Gasteiger partial charge is 0.139 e. The van der Waals surface area contributed by atoms with Crippen LogP contribution >= 0.6 is 11.6 Å². The number of benzene rings is 1. The number of fused-ring (bicyclic) bond motifs is 5. The molecule has 112 valence electrons. The predicted molar refractivity (Wildman–Crippen MR) is 82.7 cm³/mol. The third-order valence-corrected chi connectivity index (χ3v) is 6.95. The fourth-order valence-electron chi connectivity index (χ4n) is 5.38. The van der Waals surface area contributed by atoms with Crippen molar-refractivity contribution >= 4 is 17.4 Å². The molecule has 0 heterocycles. The van der Waals surface area contributed by atoms with Crippen LogP contribution in [0.4, 0.5) is 0 Å². The lowest BCUT2D eigenvalue weighted by Crippen LogP contribution is -2.42. The quantitative estimate of drug-likeness (QED) is 0.768. The maximum atomic E-state index is 12.3. The van der Waals surface area contributed by atoms with Crippen molar-refractivity contribution in [2.75, 3.05) is 0 Å². The van der Waals surface area contributed by atoms with Gasteiger partial charge in [0.15, 0.2) is 0 Å². The second-order valence-corrected chi connectivity index (χ2v) is 7.68. The Labute approximate surface area is 130 Å². The van der Waals surface area contributed by atoms with Crippen LogP contribution in [-0.4, -0.2) is 10.9 Å². The molecule has 2 saturated carbocycles. The first-order valence-electron chi connectivity index (χ1n) is 8.06. The minimum absolute atomic E-state index is 0.0701. The summed E-state index contributed by atoms with van der Waals surface area (Å²) in [6.07, 6.45) is 5.97. The fourth-order valence-corrected chi connectivity index (χ4v) is 5.65. The van der Waals surface area contributed by atoms with E-state index < -0.39 is 0 Å². The van der Waals surface area contributed by atoms with Crippen molar-refractivity contribution in [1.29, 1.82) is 0 Å². The lowest BCUT2D eigenvalue weighted by atomic mass is 9.55. The molecule has 21 heavy (non-hydrogen) atoms. The Morgan fingerprint density at radius 2 is 2.05 bits per heavy atom. The zero-order valence-corrected chi connectivity index (χ0v) is 13.1. The van der Waals surface area contributed by atoms with E-state index in [1.165, 1.54) is 5.56 Å². The Kier molecular flexibility index (Phi) is 2.91. The third-order valence-electron chi connectivity index (χ3n) is 6.53. The van der Waals surface area contributed by atoms with Gasteiger partial charge in [0.1, 0.15) is 11.5 Å². The standard InChI is InChI=1S/C18H21ClO2/c1-18-9-8-11-10-4-6-15(20)17(19)13(10)3-2-12(11)14(18)5-7-16(18)21/h4,6,11-12,14,20H,2-3,5,7-9H2,1H3/t11?,12?,14?,18-/m0/s1. The van der Waals surface area contributed by atoms with Crippen molar-refractivity contribution < 1.29 is 9.90 Å². The number of phenols is 1. The van der Waals surface area contributed by atoms with Crippen molar-refractivity contribution in [3.05, 3.63) is 28.3 Å². The van der Waals surface area contributed by atoms with Crippen LogP contribution in [0.5, 0.6) is 5.75 Å². The molecule has 0 spiro atoms. The summed E-state index contributed by atoms with van der Waals surface area (Å²) in [5, 5.41) is 10.4. The Morgan fingerprint density at radius 1 is 1.24 bits per heavy atom. The molecule has 1 aromatic rings. The summed E-state index contributed by atoms with van der Waals surface area (Å²) >= 11 is 6.30. The third kappa shape index (κ3) is 1.75. The van der Waals surface area contributed by atoms with E-state index in [0.29, 0.717) is 28.6 Å². The maximum absolute atomic E-state index is 12.3. The molecule has 2 nitrogen and oxygen atoms in total. The number of phenolic OH excluding ortho intramolecular Hbond substituents is 1. The molecule has 0 aromatic heterocycles. The van der Waals surface area contributed by atoms with Crippen molar-refractivity contribution in [3.63, 3.8) is 0 Å². The molecule has 1 aromatic carbocycles. The molecule has 0 amide bonds. The van der Waals surface area contributed by atoms with Gasteiger partial charge < -0.3 is 5.11 Å². The fraction of sp³-hybridized carbons (Fsp3) is 0.611. The van der Waals surface area contributed by atoms with E-state index in [4.69, 9.17) is 11.6 Å². The lowest BCUT2D eigenvalue weighted by Gasteiger charge is -2.48. The number of ketones is 1. The first kappa shape index (κ1) is 13.6. The van der Waals surface area contributed by atoms with Gasteiger partial charge in [0.25, 0.3) is 0 Å². The van der Waals surface area contributed by atoms with Gasteiger partial charge in [0, 0.05) is 11.8 Å². The van der Waals surface area contributed by atoms with Gasteiger partial charge in [-0.2, -0.15) is 0 Å². The minimum atomic E-state index is -0.0701. The highest BCUT2D eigenvalue weighted by Gasteiger charge is 2.54. The number of carbonyl (C=O) groups excluding carboxylic acids is 1. The molecule has 3 aliphatic rings. The zero-order chi connectivity index (χ0) is 14.8. The Hall–Kier alpha value is -1.02. The summed E-state index contributed by atoms with van der Waals surface area (Å²) in [6.45, 7) is 2.20. The van der Waals surface area contributed by atoms with Crippen LogP contribution in [0, 0.1) is 17.3 Å². The van der Waals surface area contributed by atoms with E-state index >= 15 is 0 Å². The summed E-state index contributed by atoms with van der Waals surface area (Å²) in [5.74, 6) is 2.37. The maximum Gasteiger partial charge on any atom is 0.139 e. The molecule has 0 aliphatic heterocycles. The van der Waals surface area contributed by atoms with Crippen LogP contribution in [0.2, 0.25) is 5.02 Å². The van der Waals surface area contributed by atoms with Crippen LogP contribution in [0.1, 0.15) is 56.1 Å². The van der Waals surface area contributed by atoms with E-state index in [2.05, 4.69) is 13.0 Å². The van der Waals surface area contributed by atoms with Gasteiger partial charge in [-0.25, -0.2) is 0 Å². The zero-order valence-electron chi connectivity index (χ0n) is 12.4. The highest BCUT2D eigenvalue weighted by atomic mass is 35.5. The lowest BCUT2D eigenvalue weighted by molar-refractivity contribution is -0.129. The molecular weight excluding hydrogens is 284 g/mol. The van der Waals surface area contributed by atoms with Crippen molar-refractivity contribution in [2.45, 2.75) is 51.4 Å². The number of hydrogen-bond donors (Lipinski definition) is 1. The molecule has 0 bridgehead atoms. The molecule has 0 radical (unpaired) electrons. The monoisotopic (exact) mass is 304 g/mol. The topological polar surface area (TPSA) is 37.3 Å². The summed E-state index contributed by atoms with van der Waals surface area (Å²) in [6, 6.07) is 3.80. The molecule has 2 fully saturated rings. The molecule has 1 N–H and O–H groups in total. The largest absolute Gasteiger partial charge is 0.506 e. The highest BCUT2D eigenvalue weighted by molar-refractivity contribution is 6.32. The first-order chi connectivity index (χ1) is 10.0. The second-order valence-electron chi connectivity index (χ2n) is 7.30. The summed E-state index contributed by atoms with van der Waals surface area (Å²) < 4.78 is 0. The van der Waals surface area contributed by atoms with Gasteiger partial charge in [-0.3, -0.25) is 4.79 Å². The van der Waals surface area contributed by atoms with Crippen LogP contribution in [0.25, 0.3) is 0 Å². The van der Waals surface area contributed by atoms with Crippen molar-refractivity contribution in [1.82, 2.24) is 0 Å². The molecule has 3 heteroatoms. The number of halogens is 1. The van der Waals surface area contributed by atoms with Crippen LogP contribution in [0.15, 0.2) is 12.1 Å². The van der Waals surface area contributed by atoms with Crippen molar-refractivity contribution in [3.8, 4) is 5.75 Å². The van der Waals surface area contributed by atoms with E-state index in [-0.39, 0.29) is 11.2 Å². The van der Waals surface area contributed by atoms with Crippen LogP contribution < -0.4 is 0 Å². The van der Waals surface area contributed by atoms with E-state index in [9.17, 15) is 9.90 Å². The second kappa shape index (κ2) is 4.49. The van der Waals surface area contributed by atoms with Gasteiger partial charge in [-0.1, -0.05) is 24.6 Å². The SMILES string of the molecule is C[C@]12CCC3c4ccc(O)c(Cl)c4CCC3C1CCC2=O. The van der Waals surface area contributed by atoms with Gasteiger partial charge >= 0.3 is 0 Å². The molecule has 4 rings (SSSR count). The van der Waals surface area contributed by atoms with Gasteiger partial charge in [0.2, 0.25) is 0 Å². The molecule has 0 saturated heterocycles. The number of Topliss-reactive ketones (excluding diaryl/α,β-unsaturated/α-hetero) is 1. The first-order valence-corrected chi connectivity index (χ1v) is 8.43. The Bertz CT molecular complexity index is 624. The van der Waals surface area contributed by atoms with Gasteiger partial charge in [-0.15, -0.1) is 0 Å². The van der Waals surface area contributed by atoms with Gasteiger partial charge in [-0.05, 0) is 67.1 Å². The molecule has 4 atom stereocenters. The number of carbonyl (C=O) groups is 1. The Balaban J connectivity index is 1.75. The average molecular weight is 305 g/mol. The number of hydrogen-bond acceptors (Lipinski definition) is 2. The minimum Gasteiger partial charge on any atom is -0.506 e. The number of aromatic hydroxyl groups is 1. The normalized spacial score (nSPS) is 37.8. The summed E-state index contributed by atoms with van der Waals surface area (Å²) in [5.41, 5.74) is 2.40. The molecular formula is C18H21ClO2. The van der Waals surface area contributed by atoms with E-state index in [0.717, 1.165) is 44.1 Å². The summed E-state index contributed by atoms with van der Waals surface area (Å²) in [4.78, 5) is 12.3. The van der Waals surface area contributed by atoms with Crippen LogP contribution in [-0.2, 0) is 11.2 Å². The Morgan fingerprint density at radius 3 is 2.86 bits per heavy atom. The van der Waals surface area contributed by atoms with Crippen LogP contribution in [0.3, 0.4) is 0 Å². The average Bonchev–Trinajstić information content (AvgIpc) is 2.78. The van der Waals surface area contributed by atoms with E-state index in [1.807, 2.05) is 0 Å². The number of rotatable bonds is 0. The summed E-state index contributed by atoms with van der Waals surface area (Å²) in [7, 11) is 0. The predicted octanol–water partition coefficient (Wildman–Crippen LogP) is 4.47.